The third-order valence-electron chi connectivity index (χ3n) is 12.7. The fraction of sp³-hybridized carbons (Fsp3) is 0.906. The molecule has 13 nitrogen and oxygen atoms in total. The van der Waals surface area contributed by atoms with Crippen molar-refractivity contribution in [3.8, 4) is 0 Å². The van der Waals surface area contributed by atoms with Crippen molar-refractivity contribution in [2.75, 3.05) is 13.2 Å². The van der Waals surface area contributed by atoms with Crippen molar-refractivity contribution in [3.05, 3.63) is 12.2 Å². The first-order chi connectivity index (χ1) is 21.2. The maximum atomic E-state index is 14.3. The van der Waals surface area contributed by atoms with Crippen LogP contribution in [-0.4, -0.2) is 128 Å². The molecular weight excluding hydrogens is 592 g/mol. The number of rotatable bonds is 6. The van der Waals surface area contributed by atoms with Gasteiger partial charge in [0.25, 0.3) is 0 Å². The number of ether oxygens (including phenoxy) is 4. The van der Waals surface area contributed by atoms with E-state index in [1.54, 1.807) is 6.92 Å². The molecule has 8 N–H and O–H groups in total. The number of carbonyl (C=O) groups excluding carboxylic acids is 1. The van der Waals surface area contributed by atoms with E-state index in [4.69, 9.17) is 18.9 Å². The van der Waals surface area contributed by atoms with Gasteiger partial charge in [0, 0.05) is 0 Å². The van der Waals surface area contributed by atoms with E-state index in [-0.39, 0.29) is 23.7 Å². The molecule has 17 unspecified atom stereocenters. The maximum absolute atomic E-state index is 14.3. The molecule has 1 spiro atoms. The van der Waals surface area contributed by atoms with Gasteiger partial charge in [-0.05, 0) is 86.9 Å². The summed E-state index contributed by atoms with van der Waals surface area (Å²) in [5.74, 6) is -0.128. The van der Waals surface area contributed by atoms with Crippen LogP contribution in [0.25, 0.3) is 0 Å². The van der Waals surface area contributed by atoms with Crippen LogP contribution in [0.5, 0.6) is 0 Å². The Labute approximate surface area is 262 Å². The van der Waals surface area contributed by atoms with Crippen molar-refractivity contribution in [3.63, 3.8) is 0 Å². The summed E-state index contributed by atoms with van der Waals surface area (Å²) in [6.07, 6.45) is -9.61. The van der Waals surface area contributed by atoms with Gasteiger partial charge in [0.2, 0.25) is 6.29 Å². The molecule has 0 amide bonds. The molecule has 0 aromatic rings. The molecule has 6 fully saturated rings. The fourth-order valence-corrected chi connectivity index (χ4v) is 10.6. The van der Waals surface area contributed by atoms with Crippen molar-refractivity contribution in [2.24, 2.45) is 34.0 Å². The predicted octanol–water partition coefficient (Wildman–Crippen LogP) is -0.906. The van der Waals surface area contributed by atoms with E-state index in [2.05, 4.69) is 13.5 Å². The van der Waals surface area contributed by atoms with Crippen LogP contribution in [0.2, 0.25) is 0 Å². The predicted molar refractivity (Wildman–Crippen MR) is 154 cm³/mol. The number of carbonyl (C=O) groups is 1. The largest absolute Gasteiger partial charge is 0.432 e. The summed E-state index contributed by atoms with van der Waals surface area (Å²) in [5.41, 5.74) is -0.292. The number of aliphatic hydroxyl groups excluding tert-OH is 8. The number of allylic oxidation sites excluding steroid dienone is 1. The molecule has 6 aliphatic rings. The van der Waals surface area contributed by atoms with Crippen molar-refractivity contribution in [1.29, 1.82) is 0 Å². The van der Waals surface area contributed by atoms with Crippen molar-refractivity contribution < 1.29 is 64.6 Å². The molecule has 4 aliphatic carbocycles. The number of fused-ring (bicyclic) bond motifs is 3. The second kappa shape index (κ2) is 12.0. The highest BCUT2D eigenvalue weighted by Crippen LogP contribution is 2.72. The standard InChI is InChI=1S/C32H50O13/c1-14-8-32-7-6-19-30(2,20(32)5-4-15(14)9-32)10-16(42-27-25(39)23(37)21(35)17(12-33)43-27)11-31(19,3)29(41)45-28-26(40)24(38)22(36)18(13-34)44-28/h15-28,33-40H,1,4-13H2,2-3H3. The van der Waals surface area contributed by atoms with Crippen LogP contribution in [0.15, 0.2) is 12.2 Å². The summed E-state index contributed by atoms with van der Waals surface area (Å²) in [7, 11) is 0. The molecule has 0 aromatic heterocycles. The average Bonchev–Trinajstić information content (AvgIpc) is 3.23. The van der Waals surface area contributed by atoms with E-state index in [0.29, 0.717) is 12.3 Å². The topological polar surface area (TPSA) is 216 Å². The number of hydrogen-bond donors (Lipinski definition) is 8. The van der Waals surface area contributed by atoms with Gasteiger partial charge >= 0.3 is 5.97 Å². The van der Waals surface area contributed by atoms with Crippen LogP contribution < -0.4 is 0 Å². The summed E-state index contributed by atoms with van der Waals surface area (Å²) in [5, 5.41) is 82.0. The summed E-state index contributed by atoms with van der Waals surface area (Å²) >= 11 is 0. The highest BCUT2D eigenvalue weighted by Gasteiger charge is 2.67. The Morgan fingerprint density at radius 1 is 0.800 bits per heavy atom. The van der Waals surface area contributed by atoms with E-state index in [9.17, 15) is 45.6 Å². The molecule has 0 aromatic carbocycles. The summed E-state index contributed by atoms with van der Waals surface area (Å²) in [4.78, 5) is 14.3. The molecule has 256 valence electrons. The second-order valence-electron chi connectivity index (χ2n) is 15.2. The summed E-state index contributed by atoms with van der Waals surface area (Å²) in [6, 6.07) is 0. The zero-order valence-electron chi connectivity index (χ0n) is 26.0. The van der Waals surface area contributed by atoms with Gasteiger partial charge in [-0.15, -0.1) is 0 Å². The zero-order chi connectivity index (χ0) is 32.6. The Kier molecular flexibility index (Phi) is 9.00. The normalized spacial score (nSPS) is 54.7. The minimum absolute atomic E-state index is 0.0539. The lowest BCUT2D eigenvalue weighted by molar-refractivity contribution is -0.324. The first-order valence-corrected chi connectivity index (χ1v) is 16.3. The van der Waals surface area contributed by atoms with Crippen LogP contribution in [0.3, 0.4) is 0 Å². The third kappa shape index (κ3) is 5.30. The number of esters is 1. The molecule has 4 saturated carbocycles. The minimum Gasteiger partial charge on any atom is -0.432 e. The maximum Gasteiger partial charge on any atom is 0.314 e. The Bertz CT molecular complexity index is 1130. The Morgan fingerprint density at radius 3 is 2.02 bits per heavy atom. The van der Waals surface area contributed by atoms with E-state index in [1.165, 1.54) is 5.57 Å². The smallest absolute Gasteiger partial charge is 0.314 e. The van der Waals surface area contributed by atoms with E-state index >= 15 is 0 Å². The van der Waals surface area contributed by atoms with Gasteiger partial charge in [-0.2, -0.15) is 0 Å². The van der Waals surface area contributed by atoms with Gasteiger partial charge in [-0.3, -0.25) is 4.79 Å². The monoisotopic (exact) mass is 642 g/mol. The molecule has 2 bridgehead atoms. The van der Waals surface area contributed by atoms with Gasteiger partial charge in [-0.25, -0.2) is 0 Å². The summed E-state index contributed by atoms with van der Waals surface area (Å²) in [6.45, 7) is 7.10. The fourth-order valence-electron chi connectivity index (χ4n) is 10.6. The van der Waals surface area contributed by atoms with Crippen LogP contribution in [0.1, 0.15) is 65.2 Å². The lowest BCUT2D eigenvalue weighted by Gasteiger charge is -2.64. The molecule has 45 heavy (non-hydrogen) atoms. The molecule has 6 rings (SSSR count). The van der Waals surface area contributed by atoms with Gasteiger partial charge < -0.3 is 59.8 Å². The highest BCUT2D eigenvalue weighted by molar-refractivity contribution is 5.77. The molecule has 0 radical (unpaired) electrons. The minimum atomic E-state index is -1.75. The first-order valence-electron chi connectivity index (χ1n) is 16.3. The number of hydrogen-bond acceptors (Lipinski definition) is 13. The zero-order valence-corrected chi connectivity index (χ0v) is 26.0. The molecule has 17 atom stereocenters. The molecule has 13 heteroatoms. The Hall–Kier alpha value is -1.23. The van der Waals surface area contributed by atoms with Crippen LogP contribution in [-0.2, 0) is 23.7 Å². The first kappa shape index (κ1) is 33.7. The van der Waals surface area contributed by atoms with E-state index in [1.807, 2.05) is 0 Å². The highest BCUT2D eigenvalue weighted by atomic mass is 16.7. The third-order valence-corrected chi connectivity index (χ3v) is 12.7. The van der Waals surface area contributed by atoms with Gasteiger partial charge in [0.15, 0.2) is 6.29 Å². The molecular formula is C32H50O13. The SMILES string of the molecule is C=C1CC23CCC4C(C)(C(=O)OC5OC(CO)C(O)C(O)C5O)CC(OC5OC(CO)C(O)C(O)C5O)CC4(C)C2CCC1C3. The summed E-state index contributed by atoms with van der Waals surface area (Å²) < 4.78 is 23.3. The quantitative estimate of drug-likeness (QED) is 0.100. The van der Waals surface area contributed by atoms with Crippen molar-refractivity contribution in [1.82, 2.24) is 0 Å². The number of aliphatic hydroxyl groups is 8. The Balaban J connectivity index is 1.31. The van der Waals surface area contributed by atoms with Crippen molar-refractivity contribution in [2.45, 2.75) is 133 Å². The van der Waals surface area contributed by atoms with Crippen LogP contribution in [0.4, 0.5) is 0 Å². The van der Waals surface area contributed by atoms with Crippen LogP contribution >= 0.6 is 0 Å². The Morgan fingerprint density at radius 2 is 1.40 bits per heavy atom. The molecule has 2 saturated heterocycles. The molecule has 2 heterocycles. The lowest BCUT2D eigenvalue weighted by atomic mass is 9.40. The molecule has 2 aliphatic heterocycles. The average molecular weight is 643 g/mol. The van der Waals surface area contributed by atoms with E-state index in [0.717, 1.165) is 38.5 Å². The second-order valence-corrected chi connectivity index (χ2v) is 15.2. The van der Waals surface area contributed by atoms with Gasteiger partial charge in [-0.1, -0.05) is 19.1 Å². The van der Waals surface area contributed by atoms with E-state index < -0.39 is 97.5 Å². The lowest BCUT2D eigenvalue weighted by Crippen LogP contribution is -2.64. The van der Waals surface area contributed by atoms with Crippen molar-refractivity contribution >= 4 is 5.97 Å². The van der Waals surface area contributed by atoms with Gasteiger partial charge in [0.05, 0.1) is 24.7 Å². The van der Waals surface area contributed by atoms with Crippen LogP contribution in [0, 0.1) is 34.0 Å². The van der Waals surface area contributed by atoms with Gasteiger partial charge in [0.1, 0.15) is 48.8 Å².